The van der Waals surface area contributed by atoms with Crippen molar-refractivity contribution in [2.45, 2.75) is 13.8 Å². The van der Waals surface area contributed by atoms with E-state index in [4.69, 9.17) is 11.6 Å². The van der Waals surface area contributed by atoms with E-state index < -0.39 is 0 Å². The van der Waals surface area contributed by atoms with Gasteiger partial charge in [0.2, 0.25) is 0 Å². The first kappa shape index (κ1) is 12.8. The molecule has 0 spiro atoms. The Kier molecular flexibility index (Phi) is 3.18. The first-order valence-corrected chi connectivity index (χ1v) is 7.17. The Morgan fingerprint density at radius 2 is 2.00 bits per heavy atom. The van der Waals surface area contributed by atoms with Gasteiger partial charge in [0.15, 0.2) is 16.6 Å². The van der Waals surface area contributed by atoms with Gasteiger partial charge in [-0.05, 0) is 48.6 Å². The molecule has 0 radical (unpaired) electrons. The van der Waals surface area contributed by atoms with E-state index in [0.29, 0.717) is 10.8 Å². The second kappa shape index (κ2) is 4.72. The molecule has 3 rings (SSSR count). The summed E-state index contributed by atoms with van der Waals surface area (Å²) < 4.78 is 3.11. The van der Waals surface area contributed by atoms with Crippen molar-refractivity contribution in [1.29, 1.82) is 0 Å². The van der Waals surface area contributed by atoms with Gasteiger partial charge in [0.25, 0.3) is 0 Å². The van der Waals surface area contributed by atoms with Gasteiger partial charge in [-0.2, -0.15) is 0 Å². The number of fused-ring (bicyclic) bond motifs is 1. The molecule has 2 aromatic heterocycles. The zero-order valence-electron chi connectivity index (χ0n) is 10.4. The average Bonchev–Trinajstić information content (AvgIpc) is 2.81. The molecule has 0 aliphatic heterocycles. The molecule has 0 amide bonds. The Hall–Kier alpha value is -1.21. The lowest BCUT2D eigenvalue weighted by Crippen LogP contribution is -2.01. The van der Waals surface area contributed by atoms with E-state index >= 15 is 0 Å². The minimum absolute atomic E-state index is 0.382. The van der Waals surface area contributed by atoms with Crippen molar-refractivity contribution in [3.8, 4) is 11.4 Å². The van der Waals surface area contributed by atoms with E-state index in [1.54, 1.807) is 0 Å². The number of nitrogens with zero attached hydrogens (tertiary/aromatic N) is 4. The highest BCUT2D eigenvalue weighted by atomic mass is 127. The summed E-state index contributed by atoms with van der Waals surface area (Å²) in [6, 6.07) is 8.13. The third-order valence-electron chi connectivity index (χ3n) is 3.06. The number of hydrogen-bond donors (Lipinski definition) is 0. The molecular formula is C13H10ClIN4. The van der Waals surface area contributed by atoms with Crippen LogP contribution in [0.15, 0.2) is 24.3 Å². The van der Waals surface area contributed by atoms with Crippen molar-refractivity contribution >= 4 is 39.8 Å². The molecule has 0 aliphatic carbocycles. The maximum Gasteiger partial charge on any atom is 0.199 e. The normalized spacial score (nSPS) is 11.2. The molecule has 0 fully saturated rings. The molecule has 0 saturated carbocycles. The lowest BCUT2D eigenvalue weighted by molar-refractivity contribution is 1.000. The van der Waals surface area contributed by atoms with Crippen LogP contribution in [0.4, 0.5) is 0 Å². The highest BCUT2D eigenvalue weighted by molar-refractivity contribution is 14.1. The third-order valence-corrected chi connectivity index (χ3v) is 3.98. The van der Waals surface area contributed by atoms with Crippen LogP contribution in [0.3, 0.4) is 0 Å². The van der Waals surface area contributed by atoms with Crippen LogP contribution in [-0.2, 0) is 0 Å². The number of aryl methyl sites for hydroxylation is 2. The van der Waals surface area contributed by atoms with Crippen LogP contribution < -0.4 is 0 Å². The van der Waals surface area contributed by atoms with Gasteiger partial charge >= 0.3 is 0 Å². The van der Waals surface area contributed by atoms with Gasteiger partial charge in [-0.15, -0.1) is 10.2 Å². The van der Waals surface area contributed by atoms with E-state index in [-0.39, 0.29) is 0 Å². The van der Waals surface area contributed by atoms with Gasteiger partial charge < -0.3 is 0 Å². The molecular weight excluding hydrogens is 375 g/mol. The van der Waals surface area contributed by atoms with Crippen molar-refractivity contribution in [3.05, 3.63) is 44.4 Å². The molecule has 0 unspecified atom stereocenters. The number of halogens is 2. The Balaban J connectivity index is 2.37. The summed E-state index contributed by atoms with van der Waals surface area (Å²) in [4.78, 5) is 4.27. The molecule has 0 atom stereocenters. The van der Waals surface area contributed by atoms with Gasteiger partial charge in [-0.1, -0.05) is 23.7 Å². The van der Waals surface area contributed by atoms with E-state index in [1.165, 1.54) is 0 Å². The highest BCUT2D eigenvalue weighted by Crippen LogP contribution is 2.25. The lowest BCUT2D eigenvalue weighted by Gasteiger charge is -2.07. The summed E-state index contributed by atoms with van der Waals surface area (Å²) in [5, 5.41) is 8.78. The first-order chi connectivity index (χ1) is 9.08. The number of rotatable bonds is 1. The van der Waals surface area contributed by atoms with Crippen LogP contribution in [0.25, 0.3) is 17.0 Å². The second-order valence-corrected chi connectivity index (χ2v) is 5.87. The summed E-state index contributed by atoms with van der Waals surface area (Å²) in [7, 11) is 0. The molecule has 1 aromatic carbocycles. The summed E-state index contributed by atoms with van der Waals surface area (Å²) >= 11 is 8.41. The molecule has 0 saturated heterocycles. The third kappa shape index (κ3) is 2.10. The predicted octanol–water partition coefficient (Wildman–Crippen LogP) is 3.67. The van der Waals surface area contributed by atoms with Gasteiger partial charge in [-0.25, -0.2) is 4.98 Å². The van der Waals surface area contributed by atoms with Crippen molar-refractivity contribution < 1.29 is 0 Å². The maximum atomic E-state index is 6.13. The Morgan fingerprint density at radius 1 is 1.21 bits per heavy atom. The minimum Gasteiger partial charge on any atom is -0.275 e. The highest BCUT2D eigenvalue weighted by Gasteiger charge is 2.15. The lowest BCUT2D eigenvalue weighted by atomic mass is 10.2. The van der Waals surface area contributed by atoms with Crippen molar-refractivity contribution in [3.63, 3.8) is 0 Å². The summed E-state index contributed by atoms with van der Waals surface area (Å²) in [5.74, 6) is 0.790. The Morgan fingerprint density at radius 3 is 2.74 bits per heavy atom. The van der Waals surface area contributed by atoms with Gasteiger partial charge in [0, 0.05) is 14.8 Å². The Labute approximate surface area is 129 Å². The van der Waals surface area contributed by atoms with Gasteiger partial charge in [-0.3, -0.25) is 4.40 Å². The standard InChI is InChI=1S/C13H10ClIN4/c1-7-8(2)19-12(9-4-3-5-10(15)6-9)17-18-13(19)11(14)16-7/h3-6H,1-2H3. The first-order valence-electron chi connectivity index (χ1n) is 5.71. The topological polar surface area (TPSA) is 43.1 Å². The van der Waals surface area contributed by atoms with E-state index in [9.17, 15) is 0 Å². The number of aromatic nitrogens is 4. The quantitative estimate of drug-likeness (QED) is 0.601. The smallest absolute Gasteiger partial charge is 0.199 e. The average molecular weight is 385 g/mol. The molecule has 0 aliphatic rings. The molecule has 96 valence electrons. The second-order valence-electron chi connectivity index (χ2n) is 4.27. The van der Waals surface area contributed by atoms with E-state index in [1.807, 2.05) is 36.4 Å². The fourth-order valence-corrected chi connectivity index (χ4v) is 2.78. The maximum absolute atomic E-state index is 6.13. The predicted molar refractivity (Wildman–Crippen MR) is 83.4 cm³/mol. The van der Waals surface area contributed by atoms with Crippen LogP contribution >= 0.6 is 34.2 Å². The zero-order valence-corrected chi connectivity index (χ0v) is 13.3. The summed E-state index contributed by atoms with van der Waals surface area (Å²) in [6.07, 6.45) is 0. The molecule has 19 heavy (non-hydrogen) atoms. The Bertz CT molecular complexity index is 782. The van der Waals surface area contributed by atoms with Crippen molar-refractivity contribution in [2.75, 3.05) is 0 Å². The summed E-state index contributed by atoms with van der Waals surface area (Å²) in [6.45, 7) is 3.92. The van der Waals surface area contributed by atoms with Crippen LogP contribution in [0.5, 0.6) is 0 Å². The van der Waals surface area contributed by atoms with Crippen LogP contribution in [0, 0.1) is 17.4 Å². The van der Waals surface area contributed by atoms with Crippen LogP contribution in [-0.4, -0.2) is 19.6 Å². The summed E-state index contributed by atoms with van der Waals surface area (Å²) in [5.41, 5.74) is 3.49. The molecule has 6 heteroatoms. The van der Waals surface area contributed by atoms with Crippen LogP contribution in [0.1, 0.15) is 11.4 Å². The monoisotopic (exact) mass is 384 g/mol. The van der Waals surface area contributed by atoms with Gasteiger partial charge in [0.1, 0.15) is 0 Å². The molecule has 0 bridgehead atoms. The zero-order chi connectivity index (χ0) is 13.6. The molecule has 4 nitrogen and oxygen atoms in total. The SMILES string of the molecule is Cc1nc(Cl)c2nnc(-c3cccc(I)c3)n2c1C. The largest absolute Gasteiger partial charge is 0.275 e. The fourth-order valence-electron chi connectivity index (χ4n) is 1.99. The van der Waals surface area contributed by atoms with Crippen molar-refractivity contribution in [2.24, 2.45) is 0 Å². The van der Waals surface area contributed by atoms with Crippen LogP contribution in [0.2, 0.25) is 5.15 Å². The van der Waals surface area contributed by atoms with Gasteiger partial charge in [0.05, 0.1) is 5.69 Å². The number of benzene rings is 1. The number of hydrogen-bond acceptors (Lipinski definition) is 3. The fraction of sp³-hybridized carbons (Fsp3) is 0.154. The van der Waals surface area contributed by atoms with Crippen molar-refractivity contribution in [1.82, 2.24) is 19.6 Å². The molecule has 0 N–H and O–H groups in total. The molecule has 2 heterocycles. The minimum atomic E-state index is 0.382. The molecule has 3 aromatic rings. The van der Waals surface area contributed by atoms with E-state index in [0.717, 1.165) is 26.3 Å². The van der Waals surface area contributed by atoms with E-state index in [2.05, 4.69) is 43.8 Å².